The third-order valence-electron chi connectivity index (χ3n) is 3.40. The van der Waals surface area contributed by atoms with E-state index in [9.17, 15) is 4.79 Å². The average molecular weight is 344 g/mol. The van der Waals surface area contributed by atoms with E-state index in [1.165, 1.54) is 0 Å². The fourth-order valence-corrected chi connectivity index (χ4v) is 2.81. The molecule has 1 fully saturated rings. The van der Waals surface area contributed by atoms with Gasteiger partial charge in [-0.15, -0.1) is 0 Å². The molecule has 1 heterocycles. The molecule has 0 unspecified atom stereocenters. The van der Waals surface area contributed by atoms with E-state index in [0.717, 1.165) is 36.1 Å². The lowest BCUT2D eigenvalue weighted by atomic mass is 9.85. The summed E-state index contributed by atoms with van der Waals surface area (Å²) in [5.41, 5.74) is -0.443. The third-order valence-corrected chi connectivity index (χ3v) is 3.80. The van der Waals surface area contributed by atoms with Crippen LogP contribution < -0.4 is 5.32 Å². The van der Waals surface area contributed by atoms with Crippen LogP contribution in [0, 0.1) is 0 Å². The first kappa shape index (κ1) is 15.4. The van der Waals surface area contributed by atoms with Gasteiger partial charge in [0, 0.05) is 12.0 Å². The SMILES string of the molecule is CC(C)(C)OC(=O)NC1CCC(c2ncc(Br)[nH]2)CC1. The van der Waals surface area contributed by atoms with Crippen LogP contribution in [-0.2, 0) is 4.74 Å². The quantitative estimate of drug-likeness (QED) is 0.859. The van der Waals surface area contributed by atoms with E-state index in [4.69, 9.17) is 4.74 Å². The zero-order chi connectivity index (χ0) is 14.8. The van der Waals surface area contributed by atoms with Crippen molar-refractivity contribution in [2.45, 2.75) is 64.0 Å². The number of aromatic amines is 1. The Labute approximate surface area is 128 Å². The maximum Gasteiger partial charge on any atom is 0.407 e. The molecule has 0 atom stereocenters. The molecule has 5 nitrogen and oxygen atoms in total. The highest BCUT2D eigenvalue weighted by Crippen LogP contribution is 2.31. The standard InChI is InChI=1S/C14H22BrN3O2/c1-14(2,3)20-13(19)17-10-6-4-9(5-7-10)12-16-8-11(15)18-12/h8-10H,4-7H2,1-3H3,(H,16,18)(H,17,19). The lowest BCUT2D eigenvalue weighted by molar-refractivity contribution is 0.0491. The normalized spacial score (nSPS) is 23.4. The Morgan fingerprint density at radius 1 is 1.40 bits per heavy atom. The first-order valence-corrected chi connectivity index (χ1v) is 7.83. The fourth-order valence-electron chi connectivity index (χ4n) is 2.51. The van der Waals surface area contributed by atoms with Crippen molar-refractivity contribution in [3.05, 3.63) is 16.6 Å². The Kier molecular flexibility index (Phi) is 4.73. The molecular formula is C14H22BrN3O2. The van der Waals surface area contributed by atoms with Crippen LogP contribution in [0.4, 0.5) is 4.79 Å². The number of H-pyrrole nitrogens is 1. The van der Waals surface area contributed by atoms with E-state index in [1.54, 1.807) is 6.20 Å². The molecular weight excluding hydrogens is 322 g/mol. The van der Waals surface area contributed by atoms with Gasteiger partial charge in [0.2, 0.25) is 0 Å². The predicted molar refractivity (Wildman–Crippen MR) is 80.7 cm³/mol. The van der Waals surface area contributed by atoms with Gasteiger partial charge in [-0.1, -0.05) is 0 Å². The third kappa shape index (κ3) is 4.51. The smallest absolute Gasteiger partial charge is 0.407 e. The maximum absolute atomic E-state index is 11.7. The lowest BCUT2D eigenvalue weighted by Gasteiger charge is -2.29. The van der Waals surface area contributed by atoms with Crippen molar-refractivity contribution in [2.75, 3.05) is 0 Å². The molecule has 1 aromatic rings. The molecule has 0 spiro atoms. The summed E-state index contributed by atoms with van der Waals surface area (Å²) in [6.07, 6.45) is 5.45. The lowest BCUT2D eigenvalue weighted by Crippen LogP contribution is -2.40. The summed E-state index contributed by atoms with van der Waals surface area (Å²) in [6, 6.07) is 0.208. The Morgan fingerprint density at radius 2 is 2.05 bits per heavy atom. The van der Waals surface area contributed by atoms with Gasteiger partial charge in [0.25, 0.3) is 0 Å². The van der Waals surface area contributed by atoms with Crippen molar-refractivity contribution in [1.82, 2.24) is 15.3 Å². The zero-order valence-electron chi connectivity index (χ0n) is 12.2. The Balaban J connectivity index is 1.78. The van der Waals surface area contributed by atoms with E-state index in [-0.39, 0.29) is 12.1 Å². The Bertz CT molecular complexity index is 459. The fraction of sp³-hybridized carbons (Fsp3) is 0.714. The second-order valence-electron chi connectivity index (χ2n) is 6.31. The van der Waals surface area contributed by atoms with Gasteiger partial charge in [0.1, 0.15) is 16.0 Å². The average Bonchev–Trinajstić information content (AvgIpc) is 2.74. The number of alkyl carbamates (subject to hydrolysis) is 1. The van der Waals surface area contributed by atoms with Gasteiger partial charge in [-0.3, -0.25) is 0 Å². The summed E-state index contributed by atoms with van der Waals surface area (Å²) >= 11 is 3.38. The first-order chi connectivity index (χ1) is 9.33. The maximum atomic E-state index is 11.7. The Morgan fingerprint density at radius 3 is 2.55 bits per heavy atom. The Hall–Kier alpha value is -1.04. The number of nitrogens with one attached hydrogen (secondary N) is 2. The minimum atomic E-state index is -0.443. The molecule has 1 aliphatic rings. The highest BCUT2D eigenvalue weighted by atomic mass is 79.9. The molecule has 0 saturated heterocycles. The van der Waals surface area contributed by atoms with Crippen LogP contribution in [0.25, 0.3) is 0 Å². The second-order valence-corrected chi connectivity index (χ2v) is 7.17. The number of hydrogen-bond acceptors (Lipinski definition) is 3. The number of nitrogens with zero attached hydrogens (tertiary/aromatic N) is 1. The van der Waals surface area contributed by atoms with Crippen molar-refractivity contribution in [3.63, 3.8) is 0 Å². The molecule has 112 valence electrons. The summed E-state index contributed by atoms with van der Waals surface area (Å²) in [7, 11) is 0. The second kappa shape index (κ2) is 6.16. The molecule has 0 bridgehead atoms. The van der Waals surface area contributed by atoms with Crippen LogP contribution in [0.1, 0.15) is 58.2 Å². The number of carbonyl (C=O) groups excluding carboxylic acids is 1. The number of rotatable bonds is 2. The van der Waals surface area contributed by atoms with Gasteiger partial charge >= 0.3 is 6.09 Å². The number of amides is 1. The van der Waals surface area contributed by atoms with E-state index in [0.29, 0.717) is 5.92 Å². The molecule has 2 rings (SSSR count). The molecule has 1 aliphatic carbocycles. The van der Waals surface area contributed by atoms with E-state index in [2.05, 4.69) is 31.2 Å². The van der Waals surface area contributed by atoms with Crippen LogP contribution in [0.15, 0.2) is 10.8 Å². The summed E-state index contributed by atoms with van der Waals surface area (Å²) in [5.74, 6) is 1.49. The highest BCUT2D eigenvalue weighted by molar-refractivity contribution is 9.10. The zero-order valence-corrected chi connectivity index (χ0v) is 13.8. The number of imidazole rings is 1. The van der Waals surface area contributed by atoms with E-state index >= 15 is 0 Å². The molecule has 1 saturated carbocycles. The summed E-state index contributed by atoms with van der Waals surface area (Å²) < 4.78 is 6.20. The van der Waals surface area contributed by atoms with Gasteiger partial charge in [-0.05, 0) is 62.4 Å². The number of ether oxygens (including phenoxy) is 1. The van der Waals surface area contributed by atoms with Gasteiger partial charge in [-0.25, -0.2) is 9.78 Å². The predicted octanol–water partition coefficient (Wildman–Crippen LogP) is 3.72. The topological polar surface area (TPSA) is 67.0 Å². The van der Waals surface area contributed by atoms with Gasteiger partial charge in [0.15, 0.2) is 0 Å². The van der Waals surface area contributed by atoms with Gasteiger partial charge < -0.3 is 15.0 Å². The molecule has 6 heteroatoms. The summed E-state index contributed by atoms with van der Waals surface area (Å²) in [4.78, 5) is 19.3. The van der Waals surface area contributed by atoms with E-state index < -0.39 is 5.60 Å². The van der Waals surface area contributed by atoms with Crippen molar-refractivity contribution in [2.24, 2.45) is 0 Å². The van der Waals surface area contributed by atoms with Gasteiger partial charge in [-0.2, -0.15) is 0 Å². The molecule has 1 aromatic heterocycles. The summed E-state index contributed by atoms with van der Waals surface area (Å²) in [5, 5.41) is 2.95. The largest absolute Gasteiger partial charge is 0.444 e. The first-order valence-electron chi connectivity index (χ1n) is 7.03. The van der Waals surface area contributed by atoms with Crippen LogP contribution in [0.3, 0.4) is 0 Å². The minimum Gasteiger partial charge on any atom is -0.444 e. The number of hydrogen-bond donors (Lipinski definition) is 2. The minimum absolute atomic E-state index is 0.208. The highest BCUT2D eigenvalue weighted by Gasteiger charge is 2.26. The van der Waals surface area contributed by atoms with Crippen LogP contribution in [0.2, 0.25) is 0 Å². The van der Waals surface area contributed by atoms with Crippen molar-refractivity contribution in [3.8, 4) is 0 Å². The van der Waals surface area contributed by atoms with Gasteiger partial charge in [0.05, 0.1) is 6.20 Å². The molecule has 0 radical (unpaired) electrons. The van der Waals surface area contributed by atoms with Crippen molar-refractivity contribution < 1.29 is 9.53 Å². The van der Waals surface area contributed by atoms with Crippen molar-refractivity contribution >= 4 is 22.0 Å². The van der Waals surface area contributed by atoms with Crippen molar-refractivity contribution in [1.29, 1.82) is 0 Å². The molecule has 2 N–H and O–H groups in total. The molecule has 0 aliphatic heterocycles. The summed E-state index contributed by atoms with van der Waals surface area (Å²) in [6.45, 7) is 5.62. The van der Waals surface area contributed by atoms with Crippen LogP contribution >= 0.6 is 15.9 Å². The van der Waals surface area contributed by atoms with Crippen LogP contribution in [-0.4, -0.2) is 27.7 Å². The monoisotopic (exact) mass is 343 g/mol. The van der Waals surface area contributed by atoms with Crippen LogP contribution in [0.5, 0.6) is 0 Å². The number of carbonyl (C=O) groups is 1. The molecule has 0 aromatic carbocycles. The van der Waals surface area contributed by atoms with E-state index in [1.807, 2.05) is 20.8 Å². The number of halogens is 1. The molecule has 20 heavy (non-hydrogen) atoms. The number of aromatic nitrogens is 2. The molecule has 1 amide bonds.